The molecule has 16 heavy (non-hydrogen) atoms. The summed E-state index contributed by atoms with van der Waals surface area (Å²) in [4.78, 5) is 12.4. The lowest BCUT2D eigenvalue weighted by Gasteiger charge is -2.27. The second-order valence-electron chi connectivity index (χ2n) is 3.43. The van der Waals surface area contributed by atoms with E-state index in [1.54, 1.807) is 0 Å². The smallest absolute Gasteiger partial charge is 0.321 e. The van der Waals surface area contributed by atoms with E-state index in [9.17, 15) is 18.0 Å². The van der Waals surface area contributed by atoms with Crippen LogP contribution in [0.4, 0.5) is 23.7 Å². The molecule has 1 N–H and O–H groups in total. The Balaban J connectivity index is 2.40. The first-order valence-electron chi connectivity index (χ1n) is 4.80. The van der Waals surface area contributed by atoms with Crippen LogP contribution in [-0.2, 0) is 0 Å². The van der Waals surface area contributed by atoms with E-state index < -0.39 is 23.5 Å². The van der Waals surface area contributed by atoms with Crippen LogP contribution in [0, 0.1) is 17.5 Å². The molecule has 1 saturated heterocycles. The van der Waals surface area contributed by atoms with Crippen molar-refractivity contribution in [2.45, 2.75) is 6.42 Å². The van der Waals surface area contributed by atoms with Gasteiger partial charge in [-0.2, -0.15) is 0 Å². The van der Waals surface area contributed by atoms with E-state index in [-0.39, 0.29) is 12.2 Å². The summed E-state index contributed by atoms with van der Waals surface area (Å²) in [5, 5.41) is 2.50. The number of nitrogens with zero attached hydrogens (tertiary/aromatic N) is 1. The lowest BCUT2D eigenvalue weighted by Crippen LogP contribution is -2.47. The normalized spacial score (nSPS) is 16.2. The van der Waals surface area contributed by atoms with Gasteiger partial charge >= 0.3 is 6.03 Å². The molecule has 0 bridgehead atoms. The fourth-order valence-corrected chi connectivity index (χ4v) is 1.58. The first-order chi connectivity index (χ1) is 7.61. The maximum Gasteiger partial charge on any atom is 0.321 e. The fourth-order valence-electron chi connectivity index (χ4n) is 1.58. The molecule has 1 aliphatic rings. The van der Waals surface area contributed by atoms with Crippen molar-refractivity contribution in [2.24, 2.45) is 0 Å². The third kappa shape index (κ3) is 1.70. The van der Waals surface area contributed by atoms with Crippen LogP contribution < -0.4 is 10.2 Å². The van der Waals surface area contributed by atoms with Gasteiger partial charge in [-0.15, -0.1) is 0 Å². The Hall–Kier alpha value is -1.72. The second kappa shape index (κ2) is 4.03. The minimum absolute atomic E-state index is 0.240. The Morgan fingerprint density at radius 2 is 1.94 bits per heavy atom. The number of carbonyl (C=O) groups is 1. The highest BCUT2D eigenvalue weighted by molar-refractivity contribution is 5.92. The molecule has 0 atom stereocenters. The van der Waals surface area contributed by atoms with Gasteiger partial charge in [0.05, 0.1) is 5.69 Å². The van der Waals surface area contributed by atoms with Gasteiger partial charge in [0, 0.05) is 13.1 Å². The number of amides is 2. The minimum Gasteiger partial charge on any atom is -0.338 e. The van der Waals surface area contributed by atoms with Crippen molar-refractivity contribution < 1.29 is 18.0 Å². The Kier molecular flexibility index (Phi) is 2.72. The van der Waals surface area contributed by atoms with E-state index in [1.165, 1.54) is 0 Å². The molecule has 0 spiro atoms. The lowest BCUT2D eigenvalue weighted by molar-refractivity contribution is 0.242. The summed E-state index contributed by atoms with van der Waals surface area (Å²) in [6, 6.07) is 1.35. The van der Waals surface area contributed by atoms with Crippen LogP contribution >= 0.6 is 0 Å². The molecule has 2 rings (SSSR count). The highest BCUT2D eigenvalue weighted by Crippen LogP contribution is 2.24. The molecular formula is C10H9F3N2O. The molecule has 0 radical (unpaired) electrons. The molecule has 1 aliphatic heterocycles. The first kappa shape index (κ1) is 10.8. The van der Waals surface area contributed by atoms with Crippen LogP contribution in [0.25, 0.3) is 0 Å². The van der Waals surface area contributed by atoms with Crippen molar-refractivity contribution in [3.05, 3.63) is 29.6 Å². The first-order valence-corrected chi connectivity index (χ1v) is 4.80. The maximum atomic E-state index is 13.4. The van der Waals surface area contributed by atoms with Gasteiger partial charge in [-0.25, -0.2) is 18.0 Å². The predicted octanol–water partition coefficient (Wildman–Crippen LogP) is 2.02. The van der Waals surface area contributed by atoms with Crippen molar-refractivity contribution in [3.8, 4) is 0 Å². The number of nitrogens with one attached hydrogen (secondary N) is 1. The van der Waals surface area contributed by atoms with Gasteiger partial charge in [0.25, 0.3) is 0 Å². The Morgan fingerprint density at radius 1 is 1.19 bits per heavy atom. The van der Waals surface area contributed by atoms with Crippen molar-refractivity contribution in [3.63, 3.8) is 0 Å². The molecule has 86 valence electrons. The van der Waals surface area contributed by atoms with E-state index >= 15 is 0 Å². The molecule has 1 fully saturated rings. The summed E-state index contributed by atoms with van der Waals surface area (Å²) >= 11 is 0. The van der Waals surface area contributed by atoms with E-state index in [1.807, 2.05) is 0 Å². The summed E-state index contributed by atoms with van der Waals surface area (Å²) in [5.74, 6) is -4.16. The number of carbonyl (C=O) groups excluding carboxylic acids is 1. The average molecular weight is 230 g/mol. The number of anilines is 1. The molecular weight excluding hydrogens is 221 g/mol. The van der Waals surface area contributed by atoms with Crippen molar-refractivity contribution in [1.82, 2.24) is 5.32 Å². The summed E-state index contributed by atoms with van der Waals surface area (Å²) in [6.45, 7) is 0.786. The zero-order valence-corrected chi connectivity index (χ0v) is 8.27. The zero-order chi connectivity index (χ0) is 11.7. The highest BCUT2D eigenvalue weighted by Gasteiger charge is 2.24. The van der Waals surface area contributed by atoms with Gasteiger partial charge in [0.1, 0.15) is 0 Å². The van der Waals surface area contributed by atoms with E-state index in [0.717, 1.165) is 17.0 Å². The van der Waals surface area contributed by atoms with Crippen LogP contribution in [-0.4, -0.2) is 19.1 Å². The van der Waals surface area contributed by atoms with Gasteiger partial charge in [-0.1, -0.05) is 0 Å². The third-order valence-corrected chi connectivity index (χ3v) is 2.39. The molecule has 0 aliphatic carbocycles. The molecule has 1 aromatic rings. The van der Waals surface area contributed by atoms with Crippen molar-refractivity contribution in [2.75, 3.05) is 18.0 Å². The molecule has 1 heterocycles. The molecule has 0 saturated carbocycles. The third-order valence-electron chi connectivity index (χ3n) is 2.39. The maximum absolute atomic E-state index is 13.4. The number of halogens is 3. The van der Waals surface area contributed by atoms with Gasteiger partial charge in [-0.3, -0.25) is 4.90 Å². The molecule has 0 unspecified atom stereocenters. The predicted molar refractivity (Wildman–Crippen MR) is 51.7 cm³/mol. The number of benzene rings is 1. The van der Waals surface area contributed by atoms with Crippen LogP contribution in [0.2, 0.25) is 0 Å². The standard InChI is InChI=1S/C10H9F3N2O/c11-6-2-3-7(9(13)8(6)12)15-5-1-4-14-10(15)16/h2-3H,1,4-5H2,(H,14,16). The Labute approximate surface area is 89.9 Å². The van der Waals surface area contributed by atoms with Crippen LogP contribution in [0.15, 0.2) is 12.1 Å². The molecule has 6 heteroatoms. The summed E-state index contributed by atoms with van der Waals surface area (Å²) < 4.78 is 39.0. The fraction of sp³-hybridized carbons (Fsp3) is 0.300. The monoisotopic (exact) mass is 230 g/mol. The summed E-state index contributed by atoms with van der Waals surface area (Å²) in [6.07, 6.45) is 0.629. The van der Waals surface area contributed by atoms with E-state index in [4.69, 9.17) is 0 Å². The average Bonchev–Trinajstić information content (AvgIpc) is 2.28. The summed E-state index contributed by atoms with van der Waals surface area (Å²) in [5.41, 5.74) is -0.240. The second-order valence-corrected chi connectivity index (χ2v) is 3.43. The van der Waals surface area contributed by atoms with Crippen molar-refractivity contribution >= 4 is 11.7 Å². The Morgan fingerprint density at radius 3 is 2.62 bits per heavy atom. The number of rotatable bonds is 1. The number of hydrogen-bond acceptors (Lipinski definition) is 1. The van der Waals surface area contributed by atoms with Crippen LogP contribution in [0.5, 0.6) is 0 Å². The van der Waals surface area contributed by atoms with Gasteiger partial charge in [0.15, 0.2) is 17.5 Å². The van der Waals surface area contributed by atoms with Crippen molar-refractivity contribution in [1.29, 1.82) is 0 Å². The van der Waals surface area contributed by atoms with Gasteiger partial charge in [-0.05, 0) is 18.6 Å². The minimum atomic E-state index is -1.56. The highest BCUT2D eigenvalue weighted by atomic mass is 19.2. The quantitative estimate of drug-likeness (QED) is 0.735. The van der Waals surface area contributed by atoms with Crippen LogP contribution in [0.3, 0.4) is 0 Å². The number of urea groups is 1. The molecule has 2 amide bonds. The number of hydrogen-bond donors (Lipinski definition) is 1. The molecule has 0 aromatic heterocycles. The summed E-state index contributed by atoms with van der Waals surface area (Å²) in [7, 11) is 0. The van der Waals surface area contributed by atoms with Gasteiger partial charge in [0.2, 0.25) is 0 Å². The molecule has 3 nitrogen and oxygen atoms in total. The van der Waals surface area contributed by atoms with Crippen LogP contribution in [0.1, 0.15) is 6.42 Å². The van der Waals surface area contributed by atoms with E-state index in [0.29, 0.717) is 13.0 Å². The van der Waals surface area contributed by atoms with E-state index in [2.05, 4.69) is 5.32 Å². The largest absolute Gasteiger partial charge is 0.338 e. The van der Waals surface area contributed by atoms with Gasteiger partial charge < -0.3 is 5.32 Å². The topological polar surface area (TPSA) is 32.3 Å². The Bertz CT molecular complexity index is 436. The molecule has 1 aromatic carbocycles. The zero-order valence-electron chi connectivity index (χ0n) is 8.27. The SMILES string of the molecule is O=C1NCCCN1c1ccc(F)c(F)c1F. The lowest BCUT2D eigenvalue weighted by atomic mass is 10.2.